The first-order valence-corrected chi connectivity index (χ1v) is 10.4. The second kappa shape index (κ2) is 7.17. The SMILES string of the molecule is Cc1ccc(NC(=O)C2(c3ccc4c(c3)OC(F)(F)O4)CC2)nc1-c1cc(F)cnc1P. The second-order valence-corrected chi connectivity index (χ2v) is 8.36. The lowest BCUT2D eigenvalue weighted by atomic mass is 9.94. The maximum Gasteiger partial charge on any atom is 0.586 e. The quantitative estimate of drug-likeness (QED) is 0.596. The van der Waals surface area contributed by atoms with Gasteiger partial charge in [0.1, 0.15) is 11.6 Å². The predicted molar refractivity (Wildman–Crippen MR) is 114 cm³/mol. The van der Waals surface area contributed by atoms with Crippen LogP contribution < -0.4 is 20.2 Å². The lowest BCUT2D eigenvalue weighted by molar-refractivity contribution is -0.286. The average molecular weight is 459 g/mol. The Morgan fingerprint density at radius 3 is 2.62 bits per heavy atom. The van der Waals surface area contributed by atoms with E-state index in [-0.39, 0.29) is 17.4 Å². The van der Waals surface area contributed by atoms with Crippen LogP contribution in [0.15, 0.2) is 42.6 Å². The Hall–Kier alpha value is -3.19. The van der Waals surface area contributed by atoms with Crippen molar-refractivity contribution in [3.63, 3.8) is 0 Å². The third kappa shape index (κ3) is 3.56. The van der Waals surface area contributed by atoms with Crippen molar-refractivity contribution in [3.05, 3.63) is 59.5 Å². The highest BCUT2D eigenvalue weighted by Crippen LogP contribution is 2.52. The van der Waals surface area contributed by atoms with Gasteiger partial charge in [0.25, 0.3) is 0 Å². The van der Waals surface area contributed by atoms with Gasteiger partial charge in [-0.1, -0.05) is 21.4 Å². The number of ether oxygens (including phenoxy) is 2. The molecule has 1 aromatic carbocycles. The number of hydrogen-bond acceptors (Lipinski definition) is 5. The first-order valence-electron chi connectivity index (χ1n) is 9.78. The summed E-state index contributed by atoms with van der Waals surface area (Å²) in [5, 5.41) is 2.81. The monoisotopic (exact) mass is 459 g/mol. The number of pyridine rings is 2. The van der Waals surface area contributed by atoms with Gasteiger partial charge in [-0.2, -0.15) is 0 Å². The van der Waals surface area contributed by atoms with Crippen molar-refractivity contribution in [3.8, 4) is 22.8 Å². The van der Waals surface area contributed by atoms with E-state index in [4.69, 9.17) is 0 Å². The third-order valence-electron chi connectivity index (χ3n) is 5.62. The van der Waals surface area contributed by atoms with Crippen molar-refractivity contribution >= 4 is 26.4 Å². The molecule has 10 heteroatoms. The molecule has 2 aliphatic rings. The molecule has 1 amide bonds. The van der Waals surface area contributed by atoms with E-state index < -0.39 is 17.5 Å². The highest BCUT2D eigenvalue weighted by molar-refractivity contribution is 7.27. The number of halogens is 3. The van der Waals surface area contributed by atoms with Gasteiger partial charge in [-0.05, 0) is 55.2 Å². The fraction of sp³-hybridized carbons (Fsp3) is 0.227. The third-order valence-corrected chi connectivity index (χ3v) is 6.08. The highest BCUT2D eigenvalue weighted by Gasteiger charge is 2.53. The van der Waals surface area contributed by atoms with Gasteiger partial charge in [-0.3, -0.25) is 9.78 Å². The van der Waals surface area contributed by atoms with Crippen LogP contribution in [-0.4, -0.2) is 22.2 Å². The molecule has 1 aliphatic carbocycles. The summed E-state index contributed by atoms with van der Waals surface area (Å²) in [4.78, 5) is 21.6. The summed E-state index contributed by atoms with van der Waals surface area (Å²) in [6.45, 7) is 1.83. The zero-order valence-electron chi connectivity index (χ0n) is 16.8. The predicted octanol–water partition coefficient (Wildman–Crippen LogP) is 4.08. The minimum absolute atomic E-state index is 0.0725. The minimum atomic E-state index is -3.72. The number of aryl methyl sites for hydroxylation is 1. The summed E-state index contributed by atoms with van der Waals surface area (Å²) >= 11 is 0. The summed E-state index contributed by atoms with van der Waals surface area (Å²) in [6, 6.07) is 9.13. The van der Waals surface area contributed by atoms with Crippen LogP contribution in [0.25, 0.3) is 11.3 Å². The number of amides is 1. The molecule has 6 nitrogen and oxygen atoms in total. The van der Waals surface area contributed by atoms with Crippen molar-refractivity contribution in [2.75, 3.05) is 5.32 Å². The van der Waals surface area contributed by atoms with Gasteiger partial charge in [0.2, 0.25) is 5.91 Å². The molecule has 0 spiro atoms. The van der Waals surface area contributed by atoms with E-state index in [0.717, 1.165) is 11.8 Å². The number of aromatic nitrogens is 2. The van der Waals surface area contributed by atoms with Crippen molar-refractivity contribution in [2.24, 2.45) is 0 Å². The lowest BCUT2D eigenvalue weighted by Crippen LogP contribution is -2.28. The number of anilines is 1. The number of carbonyl (C=O) groups excluding carboxylic acids is 1. The van der Waals surface area contributed by atoms with E-state index in [1.54, 1.807) is 18.2 Å². The number of hydrogen-bond donors (Lipinski definition) is 1. The fourth-order valence-electron chi connectivity index (χ4n) is 3.77. The summed E-state index contributed by atoms with van der Waals surface area (Å²) < 4.78 is 49.3. The Morgan fingerprint density at radius 1 is 1.12 bits per heavy atom. The van der Waals surface area contributed by atoms with Gasteiger partial charge in [0.15, 0.2) is 11.5 Å². The largest absolute Gasteiger partial charge is 0.586 e. The second-order valence-electron chi connectivity index (χ2n) is 7.81. The molecule has 1 unspecified atom stereocenters. The van der Waals surface area contributed by atoms with Crippen molar-refractivity contribution in [1.29, 1.82) is 0 Å². The Balaban J connectivity index is 1.42. The number of fused-ring (bicyclic) bond motifs is 1. The molecule has 1 atom stereocenters. The van der Waals surface area contributed by atoms with Gasteiger partial charge >= 0.3 is 6.29 Å². The molecule has 3 aromatic rings. The maximum atomic E-state index is 13.7. The summed E-state index contributed by atoms with van der Waals surface area (Å²) in [5.41, 5.74) is 2.01. The molecule has 2 aromatic heterocycles. The Labute approximate surface area is 183 Å². The molecule has 1 saturated carbocycles. The topological polar surface area (TPSA) is 73.3 Å². The molecule has 164 valence electrons. The van der Waals surface area contributed by atoms with Crippen LogP contribution in [0.1, 0.15) is 24.0 Å². The molecule has 1 N–H and O–H groups in total. The number of nitrogens with zero attached hydrogens (tertiary/aromatic N) is 2. The van der Waals surface area contributed by atoms with Gasteiger partial charge in [0, 0.05) is 5.56 Å². The molecular weight excluding hydrogens is 442 g/mol. The van der Waals surface area contributed by atoms with Crippen LogP contribution in [0.5, 0.6) is 11.5 Å². The summed E-state index contributed by atoms with van der Waals surface area (Å²) in [7, 11) is 2.44. The Morgan fingerprint density at radius 2 is 1.88 bits per heavy atom. The Bertz CT molecular complexity index is 1260. The molecule has 32 heavy (non-hydrogen) atoms. The molecule has 3 heterocycles. The van der Waals surface area contributed by atoms with Gasteiger partial charge in [-0.25, -0.2) is 9.37 Å². The van der Waals surface area contributed by atoms with Crippen LogP contribution in [0.2, 0.25) is 0 Å². The lowest BCUT2D eigenvalue weighted by Gasteiger charge is -2.17. The fourth-order valence-corrected chi connectivity index (χ4v) is 4.06. The smallest absolute Gasteiger partial charge is 0.395 e. The van der Waals surface area contributed by atoms with E-state index in [1.165, 1.54) is 18.2 Å². The van der Waals surface area contributed by atoms with E-state index >= 15 is 0 Å². The van der Waals surface area contributed by atoms with Gasteiger partial charge in [0.05, 0.1) is 22.7 Å². The summed E-state index contributed by atoms with van der Waals surface area (Å²) in [5.74, 6) is -0.686. The zero-order valence-corrected chi connectivity index (χ0v) is 17.9. The van der Waals surface area contributed by atoms with E-state index in [9.17, 15) is 18.0 Å². The zero-order chi connectivity index (χ0) is 22.7. The molecular formula is C22H17F3N3O3P. The molecule has 0 radical (unpaired) electrons. The minimum Gasteiger partial charge on any atom is -0.395 e. The van der Waals surface area contributed by atoms with Crippen LogP contribution in [-0.2, 0) is 10.2 Å². The van der Waals surface area contributed by atoms with Crippen LogP contribution in [0.4, 0.5) is 19.0 Å². The Kier molecular flexibility index (Phi) is 4.64. The molecule has 0 bridgehead atoms. The van der Waals surface area contributed by atoms with Crippen molar-refractivity contribution in [1.82, 2.24) is 9.97 Å². The molecule has 1 fully saturated rings. The molecule has 1 aliphatic heterocycles. The normalized spacial score (nSPS) is 17.2. The van der Waals surface area contributed by atoms with E-state index in [0.29, 0.717) is 40.9 Å². The van der Waals surface area contributed by atoms with Crippen LogP contribution >= 0.6 is 9.24 Å². The standard InChI is InChI=1S/C22H17F3N3O3P/c1-11-2-5-17(27-18(11)14-9-13(23)10-26-19(14)32)28-20(29)21(6-7-21)12-3-4-15-16(8-12)31-22(24,25)30-15/h2-5,8-10H,6-7,32H2,1H3,(H,27,28,29). The van der Waals surface area contributed by atoms with E-state index in [2.05, 4.69) is 34.0 Å². The number of nitrogens with one attached hydrogen (secondary N) is 1. The van der Waals surface area contributed by atoms with Crippen molar-refractivity contribution < 1.29 is 27.4 Å². The number of alkyl halides is 2. The number of carbonyl (C=O) groups is 1. The average Bonchev–Trinajstić information content (AvgIpc) is 3.48. The van der Waals surface area contributed by atoms with Gasteiger partial charge < -0.3 is 14.8 Å². The number of rotatable bonds is 4. The highest BCUT2D eigenvalue weighted by atomic mass is 31.0. The molecule has 5 rings (SSSR count). The van der Waals surface area contributed by atoms with Crippen LogP contribution in [0, 0.1) is 12.7 Å². The van der Waals surface area contributed by atoms with Crippen LogP contribution in [0.3, 0.4) is 0 Å². The first-order chi connectivity index (χ1) is 15.2. The first kappa shape index (κ1) is 20.7. The van der Waals surface area contributed by atoms with E-state index in [1.807, 2.05) is 6.92 Å². The van der Waals surface area contributed by atoms with Crippen molar-refractivity contribution in [2.45, 2.75) is 31.5 Å². The van der Waals surface area contributed by atoms with Gasteiger partial charge in [-0.15, -0.1) is 8.78 Å². The molecule has 0 saturated heterocycles. The maximum absolute atomic E-state index is 13.7. The summed E-state index contributed by atoms with van der Waals surface area (Å²) in [6.07, 6.45) is -1.50. The number of benzene rings is 1.